The molecular formula is C14H14FNO. The summed E-state index contributed by atoms with van der Waals surface area (Å²) in [6, 6.07) is 9.90. The van der Waals surface area contributed by atoms with Gasteiger partial charge < -0.3 is 5.11 Å². The molecule has 1 unspecified atom stereocenters. The molecule has 2 nitrogen and oxygen atoms in total. The molecule has 0 radical (unpaired) electrons. The molecule has 2 aromatic rings. The fourth-order valence-electron chi connectivity index (χ4n) is 1.79. The van der Waals surface area contributed by atoms with Gasteiger partial charge in [0.25, 0.3) is 0 Å². The number of hydrogen-bond acceptors (Lipinski definition) is 2. The van der Waals surface area contributed by atoms with E-state index in [1.807, 2.05) is 19.1 Å². The second-order valence-electron chi connectivity index (χ2n) is 4.05. The molecule has 17 heavy (non-hydrogen) atoms. The predicted octanol–water partition coefficient (Wildman–Crippen LogP) is 2.81. The maximum atomic E-state index is 12.7. The van der Waals surface area contributed by atoms with Crippen LogP contribution < -0.4 is 0 Å². The number of hydrogen-bond donors (Lipinski definition) is 1. The fraction of sp³-hybridized carbons (Fsp3) is 0.214. The topological polar surface area (TPSA) is 33.1 Å². The van der Waals surface area contributed by atoms with Gasteiger partial charge in [-0.05, 0) is 36.2 Å². The Kier molecular flexibility index (Phi) is 3.49. The van der Waals surface area contributed by atoms with E-state index in [1.54, 1.807) is 18.3 Å². The van der Waals surface area contributed by atoms with Crippen LogP contribution in [0.1, 0.15) is 22.9 Å². The van der Waals surface area contributed by atoms with Crippen molar-refractivity contribution in [2.45, 2.75) is 19.4 Å². The number of aliphatic hydroxyl groups is 1. The first-order chi connectivity index (χ1) is 8.16. The molecule has 0 saturated heterocycles. The van der Waals surface area contributed by atoms with E-state index < -0.39 is 6.10 Å². The number of nitrogens with zero attached hydrogens (tertiary/aromatic N) is 1. The lowest BCUT2D eigenvalue weighted by molar-refractivity contribution is 0.173. The van der Waals surface area contributed by atoms with E-state index in [0.29, 0.717) is 12.1 Å². The molecule has 1 heterocycles. The summed E-state index contributed by atoms with van der Waals surface area (Å²) in [7, 11) is 0. The number of aryl methyl sites for hydroxylation is 1. The van der Waals surface area contributed by atoms with Gasteiger partial charge in [0.2, 0.25) is 0 Å². The Morgan fingerprint density at radius 1 is 1.24 bits per heavy atom. The minimum atomic E-state index is -0.651. The van der Waals surface area contributed by atoms with Crippen molar-refractivity contribution in [1.82, 2.24) is 4.98 Å². The van der Waals surface area contributed by atoms with E-state index in [4.69, 9.17) is 0 Å². The molecule has 3 heteroatoms. The van der Waals surface area contributed by atoms with Crippen LogP contribution in [0.5, 0.6) is 0 Å². The van der Waals surface area contributed by atoms with Crippen LogP contribution in [-0.4, -0.2) is 10.1 Å². The summed E-state index contributed by atoms with van der Waals surface area (Å²) in [4.78, 5) is 4.17. The summed E-state index contributed by atoms with van der Waals surface area (Å²) in [5.74, 6) is -0.266. The van der Waals surface area contributed by atoms with Crippen LogP contribution in [0.25, 0.3) is 0 Å². The van der Waals surface area contributed by atoms with Crippen molar-refractivity contribution in [2.24, 2.45) is 0 Å². The molecule has 1 aromatic carbocycles. The van der Waals surface area contributed by atoms with Crippen molar-refractivity contribution in [3.05, 3.63) is 65.2 Å². The SMILES string of the molecule is Cc1cccnc1C(O)Cc1ccc(F)cc1. The number of aliphatic hydroxyl groups excluding tert-OH is 1. The highest BCUT2D eigenvalue weighted by atomic mass is 19.1. The van der Waals surface area contributed by atoms with E-state index >= 15 is 0 Å². The molecule has 0 aliphatic rings. The molecule has 1 atom stereocenters. The van der Waals surface area contributed by atoms with Gasteiger partial charge in [0.1, 0.15) is 11.9 Å². The maximum Gasteiger partial charge on any atom is 0.123 e. The quantitative estimate of drug-likeness (QED) is 0.881. The highest BCUT2D eigenvalue weighted by Gasteiger charge is 2.12. The molecule has 0 spiro atoms. The molecule has 2 rings (SSSR count). The van der Waals surface area contributed by atoms with E-state index in [2.05, 4.69) is 4.98 Å². The van der Waals surface area contributed by atoms with E-state index in [-0.39, 0.29) is 5.82 Å². The van der Waals surface area contributed by atoms with Gasteiger partial charge in [0, 0.05) is 12.6 Å². The lowest BCUT2D eigenvalue weighted by Crippen LogP contribution is -2.06. The van der Waals surface area contributed by atoms with Crippen molar-refractivity contribution in [3.63, 3.8) is 0 Å². The van der Waals surface area contributed by atoms with Crippen LogP contribution in [0.2, 0.25) is 0 Å². The Morgan fingerprint density at radius 3 is 2.59 bits per heavy atom. The molecule has 1 aromatic heterocycles. The van der Waals surface area contributed by atoms with Crippen LogP contribution in [0.4, 0.5) is 4.39 Å². The molecule has 1 N–H and O–H groups in total. The molecular weight excluding hydrogens is 217 g/mol. The summed E-state index contributed by atoms with van der Waals surface area (Å²) in [5.41, 5.74) is 2.53. The minimum Gasteiger partial charge on any atom is -0.386 e. The lowest BCUT2D eigenvalue weighted by Gasteiger charge is -2.12. The summed E-state index contributed by atoms with van der Waals surface area (Å²) in [5, 5.41) is 10.1. The first-order valence-electron chi connectivity index (χ1n) is 5.51. The summed E-state index contributed by atoms with van der Waals surface area (Å²) in [6.45, 7) is 1.91. The normalized spacial score (nSPS) is 12.4. The Hall–Kier alpha value is -1.74. The molecule has 0 amide bonds. The average molecular weight is 231 g/mol. The molecule has 0 fully saturated rings. The van der Waals surface area contributed by atoms with Gasteiger partial charge in [0.15, 0.2) is 0 Å². The summed E-state index contributed by atoms with van der Waals surface area (Å²) in [6.07, 6.45) is 1.45. The van der Waals surface area contributed by atoms with Gasteiger partial charge in [-0.15, -0.1) is 0 Å². The summed E-state index contributed by atoms with van der Waals surface area (Å²) < 4.78 is 12.7. The molecule has 0 bridgehead atoms. The standard InChI is InChI=1S/C14H14FNO/c1-10-3-2-8-16-14(10)13(17)9-11-4-6-12(15)7-5-11/h2-8,13,17H,9H2,1H3. The molecule has 88 valence electrons. The van der Waals surface area contributed by atoms with Crippen molar-refractivity contribution in [3.8, 4) is 0 Å². The van der Waals surface area contributed by atoms with Crippen LogP contribution >= 0.6 is 0 Å². The van der Waals surface area contributed by atoms with Crippen LogP contribution in [0.15, 0.2) is 42.6 Å². The van der Waals surface area contributed by atoms with Crippen molar-refractivity contribution < 1.29 is 9.50 Å². The van der Waals surface area contributed by atoms with Gasteiger partial charge in [-0.1, -0.05) is 18.2 Å². The zero-order chi connectivity index (χ0) is 12.3. The zero-order valence-electron chi connectivity index (χ0n) is 9.60. The van der Waals surface area contributed by atoms with Crippen LogP contribution in [0.3, 0.4) is 0 Å². The number of halogens is 1. The van der Waals surface area contributed by atoms with Crippen LogP contribution in [-0.2, 0) is 6.42 Å². The minimum absolute atomic E-state index is 0.266. The van der Waals surface area contributed by atoms with Gasteiger partial charge in [0.05, 0.1) is 5.69 Å². The van der Waals surface area contributed by atoms with Crippen molar-refractivity contribution in [1.29, 1.82) is 0 Å². The molecule has 0 aliphatic heterocycles. The van der Waals surface area contributed by atoms with Crippen LogP contribution in [0, 0.1) is 12.7 Å². The van der Waals surface area contributed by atoms with Gasteiger partial charge >= 0.3 is 0 Å². The fourth-order valence-corrected chi connectivity index (χ4v) is 1.79. The lowest BCUT2D eigenvalue weighted by atomic mass is 10.0. The van der Waals surface area contributed by atoms with E-state index in [1.165, 1.54) is 12.1 Å². The number of pyridine rings is 1. The zero-order valence-corrected chi connectivity index (χ0v) is 9.60. The Labute approximate surface area is 99.8 Å². The third-order valence-electron chi connectivity index (χ3n) is 2.71. The Morgan fingerprint density at radius 2 is 1.94 bits per heavy atom. The second kappa shape index (κ2) is 5.06. The monoisotopic (exact) mass is 231 g/mol. The third kappa shape index (κ3) is 2.88. The van der Waals surface area contributed by atoms with Gasteiger partial charge in [-0.3, -0.25) is 4.98 Å². The molecule has 0 saturated carbocycles. The Balaban J connectivity index is 2.14. The molecule has 0 aliphatic carbocycles. The maximum absolute atomic E-state index is 12.7. The number of rotatable bonds is 3. The predicted molar refractivity (Wildman–Crippen MR) is 64.0 cm³/mol. The number of aromatic nitrogens is 1. The van der Waals surface area contributed by atoms with Crippen molar-refractivity contribution in [2.75, 3.05) is 0 Å². The highest BCUT2D eigenvalue weighted by molar-refractivity contribution is 5.23. The third-order valence-corrected chi connectivity index (χ3v) is 2.71. The van der Waals surface area contributed by atoms with E-state index in [9.17, 15) is 9.50 Å². The smallest absolute Gasteiger partial charge is 0.123 e. The largest absolute Gasteiger partial charge is 0.386 e. The first-order valence-corrected chi connectivity index (χ1v) is 5.51. The first kappa shape index (κ1) is 11.7. The second-order valence-corrected chi connectivity index (χ2v) is 4.05. The van der Waals surface area contributed by atoms with E-state index in [0.717, 1.165) is 11.1 Å². The van der Waals surface area contributed by atoms with Gasteiger partial charge in [-0.25, -0.2) is 4.39 Å². The Bertz CT molecular complexity index is 496. The number of benzene rings is 1. The van der Waals surface area contributed by atoms with Gasteiger partial charge in [-0.2, -0.15) is 0 Å². The van der Waals surface area contributed by atoms with Crippen molar-refractivity contribution >= 4 is 0 Å². The average Bonchev–Trinajstić information content (AvgIpc) is 2.32. The highest BCUT2D eigenvalue weighted by Crippen LogP contribution is 2.19. The summed E-state index contributed by atoms with van der Waals surface area (Å²) >= 11 is 0.